The van der Waals surface area contributed by atoms with Crippen LogP contribution in [0.4, 0.5) is 0 Å². The lowest BCUT2D eigenvalue weighted by Gasteiger charge is -2.08. The first kappa shape index (κ1) is 12.6. The lowest BCUT2D eigenvalue weighted by Crippen LogP contribution is -1.96. The summed E-state index contributed by atoms with van der Waals surface area (Å²) < 4.78 is 0. The number of rotatable bonds is 4. The minimum absolute atomic E-state index is 0.352. The number of benzene rings is 1. The molecule has 3 heteroatoms. The Hall–Kier alpha value is -1.51. The molecule has 0 aromatic heterocycles. The summed E-state index contributed by atoms with van der Waals surface area (Å²) >= 11 is 5.94. The van der Waals surface area contributed by atoms with Gasteiger partial charge in [-0.05, 0) is 36.1 Å². The van der Waals surface area contributed by atoms with E-state index in [2.05, 4.69) is 19.1 Å². The van der Waals surface area contributed by atoms with E-state index in [0.29, 0.717) is 17.0 Å². The van der Waals surface area contributed by atoms with E-state index in [1.807, 2.05) is 6.07 Å². The summed E-state index contributed by atoms with van der Waals surface area (Å²) in [6.07, 6.45) is 3.41. The SMILES string of the molecule is CCCCc1cc(C#N)c(Cl)cc1CC#N. The normalized spacial score (nSPS) is 9.50. The first-order valence-corrected chi connectivity index (χ1v) is 5.69. The van der Waals surface area contributed by atoms with Gasteiger partial charge in [0.05, 0.1) is 23.1 Å². The molecule has 0 saturated carbocycles. The van der Waals surface area contributed by atoms with E-state index in [4.69, 9.17) is 22.1 Å². The second-order valence-electron chi connectivity index (χ2n) is 3.65. The zero-order chi connectivity index (χ0) is 12.0. The first-order chi connectivity index (χ1) is 7.72. The standard InChI is InChI=1S/C13H13ClN2/c1-2-3-4-10-7-12(9-16)13(14)8-11(10)5-6-15/h7-8H,2-5H2,1H3. The van der Waals surface area contributed by atoms with Gasteiger partial charge in [-0.3, -0.25) is 0 Å². The van der Waals surface area contributed by atoms with E-state index in [-0.39, 0.29) is 0 Å². The lowest BCUT2D eigenvalue weighted by atomic mass is 9.98. The van der Waals surface area contributed by atoms with E-state index in [1.165, 1.54) is 0 Å². The fourth-order valence-corrected chi connectivity index (χ4v) is 1.82. The molecule has 0 atom stereocenters. The Bertz CT molecular complexity index is 452. The average molecular weight is 233 g/mol. The Kier molecular flexibility index (Phi) is 4.83. The Labute approximate surface area is 101 Å². The van der Waals surface area contributed by atoms with Gasteiger partial charge in [-0.15, -0.1) is 0 Å². The van der Waals surface area contributed by atoms with Crippen molar-refractivity contribution in [1.82, 2.24) is 0 Å². The molecular weight excluding hydrogens is 220 g/mol. The van der Waals surface area contributed by atoms with Crippen LogP contribution in [0.2, 0.25) is 5.02 Å². The van der Waals surface area contributed by atoms with Gasteiger partial charge in [0.15, 0.2) is 0 Å². The molecule has 0 saturated heterocycles. The summed E-state index contributed by atoms with van der Waals surface area (Å²) in [6.45, 7) is 2.12. The van der Waals surface area contributed by atoms with Gasteiger partial charge in [0.25, 0.3) is 0 Å². The third kappa shape index (κ3) is 2.99. The van der Waals surface area contributed by atoms with Crippen molar-refractivity contribution in [2.75, 3.05) is 0 Å². The van der Waals surface area contributed by atoms with Crippen LogP contribution in [0.3, 0.4) is 0 Å². The largest absolute Gasteiger partial charge is 0.198 e. The van der Waals surface area contributed by atoms with Crippen LogP contribution < -0.4 is 0 Å². The van der Waals surface area contributed by atoms with Crippen molar-refractivity contribution in [3.63, 3.8) is 0 Å². The number of hydrogen-bond donors (Lipinski definition) is 0. The summed E-state index contributed by atoms with van der Waals surface area (Å²) in [5, 5.41) is 18.1. The molecule has 82 valence electrons. The highest BCUT2D eigenvalue weighted by molar-refractivity contribution is 6.31. The highest BCUT2D eigenvalue weighted by atomic mass is 35.5. The maximum absolute atomic E-state index is 8.89. The molecule has 2 nitrogen and oxygen atoms in total. The smallest absolute Gasteiger partial charge is 0.101 e. The highest BCUT2D eigenvalue weighted by Crippen LogP contribution is 2.23. The van der Waals surface area contributed by atoms with E-state index >= 15 is 0 Å². The molecule has 0 spiro atoms. The molecule has 0 unspecified atom stereocenters. The molecule has 0 bridgehead atoms. The molecule has 1 aromatic rings. The van der Waals surface area contributed by atoms with Crippen LogP contribution in [0.25, 0.3) is 0 Å². The third-order valence-corrected chi connectivity index (χ3v) is 2.79. The zero-order valence-electron chi connectivity index (χ0n) is 9.26. The van der Waals surface area contributed by atoms with Gasteiger partial charge < -0.3 is 0 Å². The molecule has 0 amide bonds. The van der Waals surface area contributed by atoms with E-state index in [1.54, 1.807) is 6.07 Å². The molecule has 1 aromatic carbocycles. The first-order valence-electron chi connectivity index (χ1n) is 5.31. The minimum atomic E-state index is 0.352. The molecular formula is C13H13ClN2. The van der Waals surface area contributed by atoms with E-state index in [0.717, 1.165) is 30.4 Å². The predicted molar refractivity (Wildman–Crippen MR) is 64.1 cm³/mol. The van der Waals surface area contributed by atoms with Crippen molar-refractivity contribution >= 4 is 11.6 Å². The summed E-state index contributed by atoms with van der Waals surface area (Å²) in [5.74, 6) is 0. The van der Waals surface area contributed by atoms with Crippen LogP contribution in [-0.2, 0) is 12.8 Å². The molecule has 0 N–H and O–H groups in total. The Morgan fingerprint density at radius 1 is 1.25 bits per heavy atom. The van der Waals surface area contributed by atoms with Crippen LogP contribution in [0, 0.1) is 22.7 Å². The van der Waals surface area contributed by atoms with Gasteiger partial charge in [-0.2, -0.15) is 10.5 Å². The van der Waals surface area contributed by atoms with Crippen molar-refractivity contribution < 1.29 is 0 Å². The lowest BCUT2D eigenvalue weighted by molar-refractivity contribution is 0.789. The Balaban J connectivity index is 3.11. The van der Waals surface area contributed by atoms with Crippen LogP contribution in [-0.4, -0.2) is 0 Å². The zero-order valence-corrected chi connectivity index (χ0v) is 10.0. The van der Waals surface area contributed by atoms with E-state index in [9.17, 15) is 0 Å². The highest BCUT2D eigenvalue weighted by Gasteiger charge is 2.08. The number of unbranched alkanes of at least 4 members (excludes halogenated alkanes) is 1. The summed E-state index contributed by atoms with van der Waals surface area (Å²) in [7, 11) is 0. The van der Waals surface area contributed by atoms with Crippen molar-refractivity contribution in [2.45, 2.75) is 32.6 Å². The average Bonchev–Trinajstić information content (AvgIpc) is 2.28. The fraction of sp³-hybridized carbons (Fsp3) is 0.385. The number of nitrogens with zero attached hydrogens (tertiary/aromatic N) is 2. The molecule has 1 rings (SSSR count). The van der Waals surface area contributed by atoms with Crippen molar-refractivity contribution in [3.8, 4) is 12.1 Å². The maximum Gasteiger partial charge on any atom is 0.101 e. The van der Waals surface area contributed by atoms with Crippen molar-refractivity contribution in [2.24, 2.45) is 0 Å². The number of hydrogen-bond acceptors (Lipinski definition) is 2. The van der Waals surface area contributed by atoms with Gasteiger partial charge in [-0.1, -0.05) is 24.9 Å². The second kappa shape index (κ2) is 6.16. The number of halogens is 1. The van der Waals surface area contributed by atoms with Crippen LogP contribution in [0.5, 0.6) is 0 Å². The van der Waals surface area contributed by atoms with Gasteiger partial charge in [0, 0.05) is 0 Å². The van der Waals surface area contributed by atoms with Crippen molar-refractivity contribution in [3.05, 3.63) is 33.8 Å². The van der Waals surface area contributed by atoms with Crippen molar-refractivity contribution in [1.29, 1.82) is 10.5 Å². The molecule has 0 aliphatic rings. The second-order valence-corrected chi connectivity index (χ2v) is 4.06. The van der Waals surface area contributed by atoms with Gasteiger partial charge in [-0.25, -0.2) is 0 Å². The summed E-state index contributed by atoms with van der Waals surface area (Å²) in [5.41, 5.74) is 2.51. The Morgan fingerprint density at radius 2 is 2.00 bits per heavy atom. The van der Waals surface area contributed by atoms with Crippen LogP contribution >= 0.6 is 11.6 Å². The quantitative estimate of drug-likeness (QED) is 0.796. The molecule has 0 aliphatic heterocycles. The Morgan fingerprint density at radius 3 is 2.56 bits per heavy atom. The van der Waals surface area contributed by atoms with Crippen LogP contribution in [0.15, 0.2) is 12.1 Å². The molecule has 0 radical (unpaired) electrons. The predicted octanol–water partition coefficient (Wildman–Crippen LogP) is 3.62. The summed E-state index contributed by atoms with van der Waals surface area (Å²) in [6, 6.07) is 7.75. The molecule has 16 heavy (non-hydrogen) atoms. The van der Waals surface area contributed by atoms with Gasteiger partial charge in [0.1, 0.15) is 6.07 Å². The third-order valence-electron chi connectivity index (χ3n) is 2.48. The maximum atomic E-state index is 8.89. The molecule has 0 aliphatic carbocycles. The van der Waals surface area contributed by atoms with Gasteiger partial charge >= 0.3 is 0 Å². The topological polar surface area (TPSA) is 47.6 Å². The number of aryl methyl sites for hydroxylation is 1. The van der Waals surface area contributed by atoms with Crippen LogP contribution in [0.1, 0.15) is 36.5 Å². The fourth-order valence-electron chi connectivity index (χ4n) is 1.59. The molecule has 0 fully saturated rings. The number of nitriles is 2. The minimum Gasteiger partial charge on any atom is -0.198 e. The monoisotopic (exact) mass is 232 g/mol. The molecule has 0 heterocycles. The van der Waals surface area contributed by atoms with Gasteiger partial charge in [0.2, 0.25) is 0 Å². The van der Waals surface area contributed by atoms with E-state index < -0.39 is 0 Å². The summed E-state index contributed by atoms with van der Waals surface area (Å²) in [4.78, 5) is 0.